The quantitative estimate of drug-likeness (QED) is 0.155. The van der Waals surface area contributed by atoms with Crippen LogP contribution in [0.2, 0.25) is 0 Å². The number of nitrogens with zero attached hydrogens (tertiary/aromatic N) is 5. The van der Waals surface area contributed by atoms with Crippen LogP contribution in [-0.4, -0.2) is 24.9 Å². The van der Waals surface area contributed by atoms with E-state index in [0.717, 1.165) is 67.5 Å². The summed E-state index contributed by atoms with van der Waals surface area (Å²) in [6, 6.07) is 29.5. The van der Waals surface area contributed by atoms with Gasteiger partial charge >= 0.3 is 21.1 Å². The molecule has 0 aliphatic heterocycles. The minimum atomic E-state index is -0.205. The Hall–Kier alpha value is -4.54. The summed E-state index contributed by atoms with van der Waals surface area (Å²) in [5.74, 6) is 3.51. The van der Waals surface area contributed by atoms with Crippen molar-refractivity contribution in [2.45, 2.75) is 99.3 Å². The van der Waals surface area contributed by atoms with Gasteiger partial charge in [-0.15, -0.1) is 41.0 Å². The zero-order valence-electron chi connectivity index (χ0n) is 33.0. The number of hydrogen-bond acceptors (Lipinski definition) is 6. The third kappa shape index (κ3) is 8.99. The van der Waals surface area contributed by atoms with E-state index >= 15 is 0 Å². The topological polar surface area (TPSA) is 73.7 Å². The number of aromatic nitrogens is 5. The molecule has 3 aromatic carbocycles. The molecule has 0 aliphatic carbocycles. The first-order valence-electron chi connectivity index (χ1n) is 17.9. The van der Waals surface area contributed by atoms with Crippen molar-refractivity contribution >= 4 is 0 Å². The Kier molecular flexibility index (Phi) is 11.3. The summed E-state index contributed by atoms with van der Waals surface area (Å²) in [5, 5.41) is 0. The summed E-state index contributed by atoms with van der Waals surface area (Å²) < 4.78 is 6.45. The molecule has 0 aliphatic rings. The Morgan fingerprint density at radius 3 is 1.79 bits per heavy atom. The van der Waals surface area contributed by atoms with Gasteiger partial charge in [0.25, 0.3) is 0 Å². The van der Waals surface area contributed by atoms with Gasteiger partial charge in [-0.25, -0.2) is 15.0 Å². The second-order valence-electron chi connectivity index (χ2n) is 16.8. The normalized spacial score (nSPS) is 12.0. The molecule has 274 valence electrons. The largest absolute Gasteiger partial charge is 2.00 e. The molecule has 3 heterocycles. The van der Waals surface area contributed by atoms with E-state index in [1.807, 2.05) is 42.6 Å². The number of pyridine rings is 2. The Labute approximate surface area is 330 Å². The summed E-state index contributed by atoms with van der Waals surface area (Å²) in [6.45, 7) is 25.9. The van der Waals surface area contributed by atoms with E-state index < -0.39 is 0 Å². The molecule has 0 atom stereocenters. The van der Waals surface area contributed by atoms with Crippen molar-refractivity contribution in [2.75, 3.05) is 0 Å². The fraction of sp³-hybridized carbons (Fsp3) is 0.326. The molecule has 6 nitrogen and oxygen atoms in total. The van der Waals surface area contributed by atoms with E-state index in [2.05, 4.69) is 131 Å². The molecule has 0 bridgehead atoms. The minimum absolute atomic E-state index is 0. The first kappa shape index (κ1) is 39.7. The van der Waals surface area contributed by atoms with Gasteiger partial charge in [-0.2, -0.15) is 0 Å². The molecular weight excluding hydrogens is 834 g/mol. The second-order valence-corrected chi connectivity index (χ2v) is 16.8. The molecule has 0 fully saturated rings. The zero-order valence-corrected chi connectivity index (χ0v) is 35.2. The van der Waals surface area contributed by atoms with Gasteiger partial charge < -0.3 is 14.7 Å². The molecule has 6 aromatic rings. The van der Waals surface area contributed by atoms with Crippen LogP contribution in [0.5, 0.6) is 11.5 Å². The SMILES string of the molecule is Cc1cnc(-c2[c-]c(Oc3[c-]c(-c4ccccn4)cc(C(C)(C)C)c3)ccc2)cc1-c1c(C)cc(-c2nc(C(C)(C)C)nc(C(C)(C)C)n2)cc1C.[Pt+2]. The Balaban J connectivity index is 0.00000541. The molecular formula is C46H49N5OPt. The van der Waals surface area contributed by atoms with E-state index in [1.165, 1.54) is 5.56 Å². The predicted octanol–water partition coefficient (Wildman–Crippen LogP) is 11.5. The number of rotatable bonds is 6. The number of aryl methyl sites for hydroxylation is 3. The third-order valence-corrected chi connectivity index (χ3v) is 9.06. The van der Waals surface area contributed by atoms with Crippen LogP contribution in [0, 0.1) is 32.9 Å². The van der Waals surface area contributed by atoms with E-state index in [1.54, 1.807) is 6.20 Å². The van der Waals surface area contributed by atoms with Crippen molar-refractivity contribution in [1.82, 2.24) is 24.9 Å². The molecule has 6 rings (SSSR count). The molecule has 0 unspecified atom stereocenters. The third-order valence-electron chi connectivity index (χ3n) is 9.06. The van der Waals surface area contributed by atoms with Crippen molar-refractivity contribution in [2.24, 2.45) is 0 Å². The second kappa shape index (κ2) is 15.1. The van der Waals surface area contributed by atoms with Crippen molar-refractivity contribution in [3.63, 3.8) is 0 Å². The van der Waals surface area contributed by atoms with Crippen molar-refractivity contribution in [1.29, 1.82) is 0 Å². The standard InChI is InChI=1S/C46H49N5O.Pt/c1-28-20-33(41-49-42(45(7,8)9)51-43(50-41)46(10,11)12)21-29(2)40(28)37-26-39(48-27-30(37)3)31-16-15-17-35(23-31)52-36-24-32(38-18-13-14-19-47-38)22-34(25-36)44(4,5)6;/h13-22,25-27H,1-12H3;/q-2;+2. The van der Waals surface area contributed by atoms with Gasteiger partial charge in [0, 0.05) is 40.3 Å². The van der Waals surface area contributed by atoms with E-state index in [-0.39, 0.29) is 37.3 Å². The maximum atomic E-state index is 6.45. The van der Waals surface area contributed by atoms with Gasteiger partial charge in [-0.05, 0) is 83.6 Å². The molecule has 0 saturated heterocycles. The summed E-state index contributed by atoms with van der Waals surface area (Å²) in [6.07, 6.45) is 3.74. The van der Waals surface area contributed by atoms with E-state index in [9.17, 15) is 0 Å². The summed E-state index contributed by atoms with van der Waals surface area (Å²) in [4.78, 5) is 24.2. The van der Waals surface area contributed by atoms with Gasteiger partial charge in [-0.3, -0.25) is 0 Å². The average Bonchev–Trinajstić information content (AvgIpc) is 3.08. The van der Waals surface area contributed by atoms with Crippen LogP contribution >= 0.6 is 0 Å². The zero-order chi connectivity index (χ0) is 37.6. The smallest absolute Gasteiger partial charge is 0.497 e. The monoisotopic (exact) mass is 882 g/mol. The molecule has 0 N–H and O–H groups in total. The molecule has 53 heavy (non-hydrogen) atoms. The van der Waals surface area contributed by atoms with Gasteiger partial charge in [-0.1, -0.05) is 98.7 Å². The maximum Gasteiger partial charge on any atom is 2.00 e. The molecule has 3 aromatic heterocycles. The molecule has 0 spiro atoms. The fourth-order valence-corrected chi connectivity index (χ4v) is 6.10. The van der Waals surface area contributed by atoms with Crippen molar-refractivity contribution in [3.05, 3.63) is 125 Å². The maximum absolute atomic E-state index is 6.45. The van der Waals surface area contributed by atoms with Crippen molar-refractivity contribution in [3.8, 4) is 56.5 Å². The van der Waals surface area contributed by atoms with Crippen LogP contribution in [-0.2, 0) is 37.3 Å². The van der Waals surface area contributed by atoms with Crippen molar-refractivity contribution < 1.29 is 25.8 Å². The first-order valence-corrected chi connectivity index (χ1v) is 17.9. The van der Waals surface area contributed by atoms with Crippen LogP contribution in [0.3, 0.4) is 0 Å². The molecule has 0 amide bonds. The van der Waals surface area contributed by atoms with Crippen LogP contribution in [0.25, 0.3) is 45.0 Å². The van der Waals surface area contributed by atoms with Gasteiger partial charge in [0.2, 0.25) is 0 Å². The number of benzene rings is 3. The van der Waals surface area contributed by atoms with Gasteiger partial charge in [0.1, 0.15) is 11.6 Å². The van der Waals surface area contributed by atoms with Crippen LogP contribution in [0.4, 0.5) is 0 Å². The average molecular weight is 883 g/mol. The Morgan fingerprint density at radius 2 is 1.21 bits per heavy atom. The van der Waals surface area contributed by atoms with E-state index in [0.29, 0.717) is 17.3 Å². The minimum Gasteiger partial charge on any atom is -0.497 e. The Bertz CT molecular complexity index is 2210. The number of ether oxygens (including phenoxy) is 1. The molecule has 7 heteroatoms. The predicted molar refractivity (Wildman–Crippen MR) is 212 cm³/mol. The fourth-order valence-electron chi connectivity index (χ4n) is 6.10. The van der Waals surface area contributed by atoms with Gasteiger partial charge in [0.05, 0.1) is 0 Å². The van der Waals surface area contributed by atoms with Gasteiger partial charge in [0.15, 0.2) is 5.82 Å². The first-order chi connectivity index (χ1) is 24.4. The molecule has 0 radical (unpaired) electrons. The van der Waals surface area contributed by atoms with Crippen LogP contribution in [0.15, 0.2) is 79.1 Å². The van der Waals surface area contributed by atoms with E-state index in [4.69, 9.17) is 24.7 Å². The van der Waals surface area contributed by atoms with Crippen LogP contribution in [0.1, 0.15) is 96.2 Å². The Morgan fingerprint density at radius 1 is 0.566 bits per heavy atom. The summed E-state index contributed by atoms with van der Waals surface area (Å²) in [7, 11) is 0. The summed E-state index contributed by atoms with van der Waals surface area (Å²) >= 11 is 0. The molecule has 0 saturated carbocycles. The van der Waals surface area contributed by atoms with Crippen LogP contribution < -0.4 is 4.74 Å². The summed E-state index contributed by atoms with van der Waals surface area (Å²) in [5.41, 5.74) is 10.7. The number of hydrogen-bond donors (Lipinski definition) is 0.